The van der Waals surface area contributed by atoms with Crippen LogP contribution in [0.15, 0.2) is 12.1 Å². The zero-order chi connectivity index (χ0) is 13.7. The lowest BCUT2D eigenvalue weighted by atomic mass is 10.2. The third-order valence-electron chi connectivity index (χ3n) is 2.73. The Bertz CT molecular complexity index is 541. The van der Waals surface area contributed by atoms with Gasteiger partial charge in [-0.1, -0.05) is 5.21 Å². The smallest absolute Gasteiger partial charge is 0.163 e. The number of methoxy groups -OCH3 is 2. The van der Waals surface area contributed by atoms with Crippen LogP contribution in [0.4, 0.5) is 0 Å². The highest BCUT2D eigenvalue weighted by Gasteiger charge is 2.11. The Morgan fingerprint density at radius 1 is 1.16 bits per heavy atom. The molecule has 19 heavy (non-hydrogen) atoms. The van der Waals surface area contributed by atoms with Gasteiger partial charge in [-0.3, -0.25) is 0 Å². The molecule has 0 fully saturated rings. The summed E-state index contributed by atoms with van der Waals surface area (Å²) in [5.41, 5.74) is 7.00. The summed E-state index contributed by atoms with van der Waals surface area (Å²) in [6.45, 7) is 2.23. The van der Waals surface area contributed by atoms with E-state index in [0.717, 1.165) is 11.0 Å². The molecule has 7 heteroatoms. The molecule has 0 saturated heterocycles. The van der Waals surface area contributed by atoms with Crippen LogP contribution in [-0.4, -0.2) is 49.0 Å². The lowest BCUT2D eigenvalue weighted by Crippen LogP contribution is -2.13. The Labute approximate surface area is 111 Å². The van der Waals surface area contributed by atoms with Crippen molar-refractivity contribution in [1.29, 1.82) is 0 Å². The SMILES string of the molecule is COc1cc2nnn(CCOCCN)c2cc1OC. The average molecular weight is 266 g/mol. The van der Waals surface area contributed by atoms with Gasteiger partial charge in [-0.25, -0.2) is 4.68 Å². The van der Waals surface area contributed by atoms with Crippen LogP contribution in [0.2, 0.25) is 0 Å². The number of rotatable bonds is 7. The second kappa shape index (κ2) is 6.35. The van der Waals surface area contributed by atoms with Crippen LogP contribution in [0.3, 0.4) is 0 Å². The van der Waals surface area contributed by atoms with Crippen molar-refractivity contribution in [2.24, 2.45) is 5.73 Å². The Morgan fingerprint density at radius 2 is 1.89 bits per heavy atom. The molecule has 0 aliphatic heterocycles. The summed E-state index contributed by atoms with van der Waals surface area (Å²) < 4.78 is 17.6. The van der Waals surface area contributed by atoms with Gasteiger partial charge in [0.1, 0.15) is 5.52 Å². The fourth-order valence-corrected chi connectivity index (χ4v) is 1.80. The van der Waals surface area contributed by atoms with Gasteiger partial charge in [0.25, 0.3) is 0 Å². The molecule has 0 radical (unpaired) electrons. The monoisotopic (exact) mass is 266 g/mol. The van der Waals surface area contributed by atoms with Crippen molar-refractivity contribution in [1.82, 2.24) is 15.0 Å². The number of benzene rings is 1. The third kappa shape index (κ3) is 2.94. The van der Waals surface area contributed by atoms with Gasteiger partial charge in [0.2, 0.25) is 0 Å². The quantitative estimate of drug-likeness (QED) is 0.731. The molecule has 0 unspecified atom stereocenters. The van der Waals surface area contributed by atoms with Crippen LogP contribution in [-0.2, 0) is 11.3 Å². The minimum Gasteiger partial charge on any atom is -0.493 e. The lowest BCUT2D eigenvalue weighted by Gasteiger charge is -2.08. The van der Waals surface area contributed by atoms with E-state index in [4.69, 9.17) is 19.9 Å². The second-order valence-corrected chi connectivity index (χ2v) is 3.91. The van der Waals surface area contributed by atoms with E-state index in [2.05, 4.69) is 10.3 Å². The average Bonchev–Trinajstić information content (AvgIpc) is 2.84. The number of fused-ring (bicyclic) bond motifs is 1. The summed E-state index contributed by atoms with van der Waals surface area (Å²) in [5.74, 6) is 1.29. The van der Waals surface area contributed by atoms with E-state index >= 15 is 0 Å². The molecule has 0 atom stereocenters. The molecular weight excluding hydrogens is 248 g/mol. The predicted molar refractivity (Wildman–Crippen MR) is 70.5 cm³/mol. The third-order valence-corrected chi connectivity index (χ3v) is 2.73. The molecule has 0 amide bonds. The van der Waals surface area contributed by atoms with Crippen LogP contribution >= 0.6 is 0 Å². The summed E-state index contributed by atoms with van der Waals surface area (Å²) in [6.07, 6.45) is 0. The molecule has 0 bridgehead atoms. The van der Waals surface area contributed by atoms with E-state index in [1.807, 2.05) is 6.07 Å². The van der Waals surface area contributed by atoms with E-state index in [0.29, 0.717) is 37.8 Å². The predicted octanol–water partition coefficient (Wildman–Crippen LogP) is 0.424. The van der Waals surface area contributed by atoms with Crippen LogP contribution < -0.4 is 15.2 Å². The molecule has 1 heterocycles. The first-order valence-corrected chi connectivity index (χ1v) is 6.03. The van der Waals surface area contributed by atoms with Crippen LogP contribution in [0, 0.1) is 0 Å². The summed E-state index contributed by atoms with van der Waals surface area (Å²) in [5, 5.41) is 8.19. The fourth-order valence-electron chi connectivity index (χ4n) is 1.80. The normalized spacial score (nSPS) is 10.9. The van der Waals surface area contributed by atoms with E-state index in [9.17, 15) is 0 Å². The Morgan fingerprint density at radius 3 is 2.58 bits per heavy atom. The zero-order valence-electron chi connectivity index (χ0n) is 11.1. The van der Waals surface area contributed by atoms with Crippen LogP contribution in [0.25, 0.3) is 11.0 Å². The van der Waals surface area contributed by atoms with Crippen molar-refractivity contribution in [3.05, 3.63) is 12.1 Å². The van der Waals surface area contributed by atoms with Gasteiger partial charge in [0.05, 0.1) is 39.5 Å². The molecule has 1 aromatic carbocycles. The topological polar surface area (TPSA) is 84.4 Å². The fraction of sp³-hybridized carbons (Fsp3) is 0.500. The Balaban J connectivity index is 2.21. The largest absolute Gasteiger partial charge is 0.493 e. The number of hydrogen-bond acceptors (Lipinski definition) is 6. The minimum atomic E-state index is 0.517. The van der Waals surface area contributed by atoms with Gasteiger partial charge in [-0.05, 0) is 0 Å². The van der Waals surface area contributed by atoms with Gasteiger partial charge in [0.15, 0.2) is 11.5 Å². The Kier molecular flexibility index (Phi) is 4.53. The van der Waals surface area contributed by atoms with Gasteiger partial charge < -0.3 is 19.9 Å². The maximum Gasteiger partial charge on any atom is 0.163 e. The molecule has 0 saturated carbocycles. The van der Waals surface area contributed by atoms with E-state index in [1.54, 1.807) is 25.0 Å². The molecule has 2 rings (SSSR count). The number of ether oxygens (including phenoxy) is 3. The maximum atomic E-state index is 5.36. The van der Waals surface area contributed by atoms with Crippen molar-refractivity contribution < 1.29 is 14.2 Å². The van der Waals surface area contributed by atoms with Crippen molar-refractivity contribution in [3.8, 4) is 11.5 Å². The molecule has 2 N–H and O–H groups in total. The van der Waals surface area contributed by atoms with Gasteiger partial charge >= 0.3 is 0 Å². The first-order chi connectivity index (χ1) is 9.30. The summed E-state index contributed by atoms with van der Waals surface area (Å²) in [7, 11) is 3.19. The summed E-state index contributed by atoms with van der Waals surface area (Å²) in [4.78, 5) is 0. The summed E-state index contributed by atoms with van der Waals surface area (Å²) in [6, 6.07) is 3.66. The number of nitrogens with two attached hydrogens (primary N) is 1. The molecule has 0 aliphatic carbocycles. The van der Waals surface area contributed by atoms with Gasteiger partial charge in [-0.2, -0.15) is 0 Å². The highest BCUT2D eigenvalue weighted by Crippen LogP contribution is 2.30. The first kappa shape index (κ1) is 13.6. The number of nitrogens with zero attached hydrogens (tertiary/aromatic N) is 3. The van der Waals surface area contributed by atoms with Crippen molar-refractivity contribution in [3.63, 3.8) is 0 Å². The summed E-state index contributed by atoms with van der Waals surface area (Å²) >= 11 is 0. The second-order valence-electron chi connectivity index (χ2n) is 3.91. The number of aromatic nitrogens is 3. The molecule has 0 spiro atoms. The minimum absolute atomic E-state index is 0.517. The van der Waals surface area contributed by atoms with E-state index < -0.39 is 0 Å². The van der Waals surface area contributed by atoms with E-state index in [1.165, 1.54) is 0 Å². The molecule has 7 nitrogen and oxygen atoms in total. The van der Waals surface area contributed by atoms with Crippen LogP contribution in [0.1, 0.15) is 0 Å². The molecule has 0 aliphatic rings. The van der Waals surface area contributed by atoms with Crippen molar-refractivity contribution in [2.45, 2.75) is 6.54 Å². The number of hydrogen-bond donors (Lipinski definition) is 1. The van der Waals surface area contributed by atoms with Crippen molar-refractivity contribution >= 4 is 11.0 Å². The standard InChI is InChI=1S/C12H18N4O3/c1-17-11-7-9-10(8-12(11)18-2)16(15-14-9)4-6-19-5-3-13/h7-8H,3-6,13H2,1-2H3. The molecular formula is C12H18N4O3. The Hall–Kier alpha value is -1.86. The van der Waals surface area contributed by atoms with E-state index in [-0.39, 0.29) is 0 Å². The van der Waals surface area contributed by atoms with Crippen molar-refractivity contribution in [2.75, 3.05) is 34.0 Å². The van der Waals surface area contributed by atoms with Crippen LogP contribution in [0.5, 0.6) is 11.5 Å². The molecule has 2 aromatic rings. The van der Waals surface area contributed by atoms with Gasteiger partial charge in [-0.15, -0.1) is 5.10 Å². The maximum absolute atomic E-state index is 5.36. The highest BCUT2D eigenvalue weighted by molar-refractivity contribution is 5.79. The molecule has 1 aromatic heterocycles. The zero-order valence-corrected chi connectivity index (χ0v) is 11.1. The lowest BCUT2D eigenvalue weighted by molar-refractivity contribution is 0.131. The highest BCUT2D eigenvalue weighted by atomic mass is 16.5. The van der Waals surface area contributed by atoms with Gasteiger partial charge in [0, 0.05) is 18.7 Å². The molecule has 104 valence electrons. The first-order valence-electron chi connectivity index (χ1n) is 6.03.